The van der Waals surface area contributed by atoms with Gasteiger partial charge in [0.1, 0.15) is 0 Å². The fourth-order valence-electron chi connectivity index (χ4n) is 3.11. The van der Waals surface area contributed by atoms with Gasteiger partial charge in [0.05, 0.1) is 5.54 Å². The van der Waals surface area contributed by atoms with Gasteiger partial charge < -0.3 is 11.1 Å². The van der Waals surface area contributed by atoms with Gasteiger partial charge in [-0.25, -0.2) is 0 Å². The first-order chi connectivity index (χ1) is 10.7. The van der Waals surface area contributed by atoms with Gasteiger partial charge in [-0.3, -0.25) is 4.79 Å². The van der Waals surface area contributed by atoms with Gasteiger partial charge >= 0.3 is 0 Å². The Morgan fingerprint density at radius 1 is 1.05 bits per heavy atom. The molecular formula is C19H22N2O. The molecule has 0 aliphatic heterocycles. The van der Waals surface area contributed by atoms with Gasteiger partial charge in [0, 0.05) is 12.1 Å². The van der Waals surface area contributed by atoms with E-state index in [9.17, 15) is 4.79 Å². The van der Waals surface area contributed by atoms with Crippen molar-refractivity contribution in [2.24, 2.45) is 0 Å². The summed E-state index contributed by atoms with van der Waals surface area (Å²) in [6, 6.07) is 18.0. The van der Waals surface area contributed by atoms with E-state index in [1.165, 1.54) is 12.0 Å². The predicted molar refractivity (Wildman–Crippen MR) is 89.3 cm³/mol. The second-order valence-corrected chi connectivity index (χ2v) is 6.05. The second kappa shape index (κ2) is 6.22. The molecule has 0 atom stereocenters. The molecule has 0 spiro atoms. The molecule has 3 nitrogen and oxygen atoms in total. The molecule has 114 valence electrons. The van der Waals surface area contributed by atoms with Gasteiger partial charge in [-0.05, 0) is 42.9 Å². The van der Waals surface area contributed by atoms with Crippen molar-refractivity contribution >= 4 is 11.6 Å². The van der Waals surface area contributed by atoms with Crippen molar-refractivity contribution in [2.75, 3.05) is 5.73 Å². The first-order valence-corrected chi connectivity index (χ1v) is 7.90. The maximum atomic E-state index is 12.4. The summed E-state index contributed by atoms with van der Waals surface area (Å²) in [6.07, 6.45) is 4.37. The fraction of sp³-hybridized carbons (Fsp3) is 0.316. The minimum absolute atomic E-state index is 0.104. The highest BCUT2D eigenvalue weighted by Crippen LogP contribution is 2.41. The lowest BCUT2D eigenvalue weighted by atomic mass is 9.71. The van der Waals surface area contributed by atoms with Gasteiger partial charge in [0.15, 0.2) is 0 Å². The number of benzene rings is 2. The lowest BCUT2D eigenvalue weighted by Gasteiger charge is -2.43. The molecule has 22 heavy (non-hydrogen) atoms. The Labute approximate surface area is 131 Å². The van der Waals surface area contributed by atoms with E-state index in [1.807, 2.05) is 42.5 Å². The number of nitrogens with two attached hydrogens (primary N) is 1. The molecule has 0 radical (unpaired) electrons. The van der Waals surface area contributed by atoms with Crippen LogP contribution in [-0.4, -0.2) is 5.91 Å². The van der Waals surface area contributed by atoms with E-state index in [0.717, 1.165) is 24.1 Å². The lowest BCUT2D eigenvalue weighted by molar-refractivity contribution is -0.124. The third-order valence-electron chi connectivity index (χ3n) is 4.59. The van der Waals surface area contributed by atoms with E-state index in [2.05, 4.69) is 17.4 Å². The molecule has 0 saturated heterocycles. The van der Waals surface area contributed by atoms with Crippen LogP contribution in [0, 0.1) is 0 Å². The first-order valence-electron chi connectivity index (χ1n) is 7.90. The van der Waals surface area contributed by atoms with Crippen LogP contribution in [0.5, 0.6) is 0 Å². The van der Waals surface area contributed by atoms with Crippen molar-refractivity contribution in [2.45, 2.75) is 37.6 Å². The summed E-state index contributed by atoms with van der Waals surface area (Å²) in [5, 5.41) is 3.26. The Balaban J connectivity index is 1.63. The van der Waals surface area contributed by atoms with Crippen molar-refractivity contribution in [1.29, 1.82) is 0 Å². The number of hydrogen-bond acceptors (Lipinski definition) is 2. The number of aryl methyl sites for hydroxylation is 1. The Kier molecular flexibility index (Phi) is 4.14. The van der Waals surface area contributed by atoms with E-state index in [-0.39, 0.29) is 11.4 Å². The van der Waals surface area contributed by atoms with Gasteiger partial charge in [-0.15, -0.1) is 0 Å². The maximum Gasteiger partial charge on any atom is 0.221 e. The lowest BCUT2D eigenvalue weighted by Crippen LogP contribution is -2.50. The van der Waals surface area contributed by atoms with Crippen molar-refractivity contribution < 1.29 is 4.79 Å². The summed E-state index contributed by atoms with van der Waals surface area (Å²) in [7, 11) is 0. The summed E-state index contributed by atoms with van der Waals surface area (Å²) in [6.45, 7) is 0. The summed E-state index contributed by atoms with van der Waals surface area (Å²) in [5.41, 5.74) is 8.80. The molecule has 1 amide bonds. The Morgan fingerprint density at radius 3 is 2.36 bits per heavy atom. The molecule has 0 bridgehead atoms. The quantitative estimate of drug-likeness (QED) is 0.830. The SMILES string of the molecule is Nc1ccccc1CCC(=O)NC1(c2ccccc2)CCC1. The molecular weight excluding hydrogens is 272 g/mol. The topological polar surface area (TPSA) is 55.1 Å². The zero-order chi connectivity index (χ0) is 15.4. The van der Waals surface area contributed by atoms with Crippen LogP contribution in [0.4, 0.5) is 5.69 Å². The van der Waals surface area contributed by atoms with Gasteiger partial charge in [-0.2, -0.15) is 0 Å². The second-order valence-electron chi connectivity index (χ2n) is 6.05. The largest absolute Gasteiger partial charge is 0.399 e. The van der Waals surface area contributed by atoms with E-state index < -0.39 is 0 Å². The highest BCUT2D eigenvalue weighted by Gasteiger charge is 2.39. The Hall–Kier alpha value is -2.29. The fourth-order valence-corrected chi connectivity index (χ4v) is 3.11. The molecule has 3 N–H and O–H groups in total. The smallest absolute Gasteiger partial charge is 0.221 e. The third kappa shape index (κ3) is 2.98. The van der Waals surface area contributed by atoms with Crippen molar-refractivity contribution in [3.05, 3.63) is 65.7 Å². The molecule has 2 aromatic rings. The minimum atomic E-state index is -0.152. The molecule has 3 rings (SSSR count). The van der Waals surface area contributed by atoms with Crippen LogP contribution in [-0.2, 0) is 16.8 Å². The van der Waals surface area contributed by atoms with Crippen LogP contribution in [0.2, 0.25) is 0 Å². The van der Waals surface area contributed by atoms with Crippen LogP contribution < -0.4 is 11.1 Å². The summed E-state index contributed by atoms with van der Waals surface area (Å²) >= 11 is 0. The van der Waals surface area contributed by atoms with Gasteiger partial charge in [0.2, 0.25) is 5.91 Å². The van der Waals surface area contributed by atoms with E-state index >= 15 is 0 Å². The minimum Gasteiger partial charge on any atom is -0.399 e. The monoisotopic (exact) mass is 294 g/mol. The molecule has 1 aliphatic rings. The normalized spacial score (nSPS) is 15.8. The molecule has 3 heteroatoms. The number of amides is 1. The number of nitrogen functional groups attached to an aromatic ring is 1. The average molecular weight is 294 g/mol. The van der Waals surface area contributed by atoms with Crippen LogP contribution in [0.1, 0.15) is 36.8 Å². The van der Waals surface area contributed by atoms with Crippen molar-refractivity contribution in [3.8, 4) is 0 Å². The maximum absolute atomic E-state index is 12.4. The molecule has 1 fully saturated rings. The molecule has 0 aromatic heterocycles. The number of hydrogen-bond donors (Lipinski definition) is 2. The summed E-state index contributed by atoms with van der Waals surface area (Å²) in [4.78, 5) is 12.4. The number of carbonyl (C=O) groups is 1. The molecule has 2 aromatic carbocycles. The molecule has 0 heterocycles. The van der Waals surface area contributed by atoms with E-state index in [0.29, 0.717) is 12.8 Å². The van der Waals surface area contributed by atoms with Crippen molar-refractivity contribution in [1.82, 2.24) is 5.32 Å². The number of nitrogens with one attached hydrogen (secondary N) is 1. The third-order valence-corrected chi connectivity index (χ3v) is 4.59. The van der Waals surface area contributed by atoms with Crippen LogP contribution in [0.25, 0.3) is 0 Å². The highest BCUT2D eigenvalue weighted by atomic mass is 16.1. The number of anilines is 1. The van der Waals surface area contributed by atoms with Gasteiger partial charge in [0.25, 0.3) is 0 Å². The average Bonchev–Trinajstić information content (AvgIpc) is 2.51. The Morgan fingerprint density at radius 2 is 1.73 bits per heavy atom. The highest BCUT2D eigenvalue weighted by molar-refractivity contribution is 5.77. The van der Waals surface area contributed by atoms with Gasteiger partial charge in [-0.1, -0.05) is 48.5 Å². The summed E-state index contributed by atoms with van der Waals surface area (Å²) in [5.74, 6) is 0.104. The Bertz CT molecular complexity index is 647. The predicted octanol–water partition coefficient (Wildman–Crippen LogP) is 3.40. The van der Waals surface area contributed by atoms with E-state index in [1.54, 1.807) is 0 Å². The number of para-hydroxylation sites is 1. The van der Waals surface area contributed by atoms with Crippen molar-refractivity contribution in [3.63, 3.8) is 0 Å². The zero-order valence-corrected chi connectivity index (χ0v) is 12.7. The van der Waals surface area contributed by atoms with Crippen LogP contribution >= 0.6 is 0 Å². The number of rotatable bonds is 5. The number of carbonyl (C=O) groups excluding carboxylic acids is 1. The summed E-state index contributed by atoms with van der Waals surface area (Å²) < 4.78 is 0. The van der Waals surface area contributed by atoms with E-state index in [4.69, 9.17) is 5.73 Å². The van der Waals surface area contributed by atoms with Crippen LogP contribution in [0.15, 0.2) is 54.6 Å². The van der Waals surface area contributed by atoms with Crippen LogP contribution in [0.3, 0.4) is 0 Å². The molecule has 1 saturated carbocycles. The first kappa shape index (κ1) is 14.6. The zero-order valence-electron chi connectivity index (χ0n) is 12.7. The molecule has 0 unspecified atom stereocenters. The standard InChI is InChI=1S/C19H22N2O/c20-17-10-5-4-7-15(17)11-12-18(22)21-19(13-6-14-19)16-8-2-1-3-9-16/h1-5,7-10H,6,11-14,20H2,(H,21,22). The molecule has 1 aliphatic carbocycles.